The minimum absolute atomic E-state index is 0.0944. The van der Waals surface area contributed by atoms with Crippen molar-refractivity contribution >= 4 is 21.6 Å². The molecule has 1 amide bonds. The third kappa shape index (κ3) is 4.42. The first-order valence-electron chi connectivity index (χ1n) is 9.88. The summed E-state index contributed by atoms with van der Waals surface area (Å²) in [5, 5.41) is 10.6. The summed E-state index contributed by atoms with van der Waals surface area (Å²) in [5.74, 6) is -0.504. The van der Waals surface area contributed by atoms with Gasteiger partial charge in [-0.05, 0) is 30.5 Å². The SMILES string of the molecule is O=C(Nc1ccccc1S(=O)(=O)N1CCCCC1)c1cn(Cc2ccccc2)nn1. The third-order valence-electron chi connectivity index (χ3n) is 5.03. The summed E-state index contributed by atoms with van der Waals surface area (Å²) in [4.78, 5) is 12.8. The van der Waals surface area contributed by atoms with E-state index in [4.69, 9.17) is 0 Å². The number of anilines is 1. The lowest BCUT2D eigenvalue weighted by atomic mass is 10.2. The molecule has 0 radical (unpaired) electrons. The number of carbonyl (C=O) groups is 1. The molecule has 1 aliphatic heterocycles. The normalized spacial score (nSPS) is 15.1. The summed E-state index contributed by atoms with van der Waals surface area (Å²) in [6, 6.07) is 16.2. The number of carbonyl (C=O) groups excluding carboxylic acids is 1. The molecule has 30 heavy (non-hydrogen) atoms. The van der Waals surface area contributed by atoms with Crippen molar-refractivity contribution in [2.45, 2.75) is 30.7 Å². The van der Waals surface area contributed by atoms with Crippen LogP contribution in [0.3, 0.4) is 0 Å². The van der Waals surface area contributed by atoms with E-state index in [0.29, 0.717) is 19.6 Å². The largest absolute Gasteiger partial charge is 0.319 e. The van der Waals surface area contributed by atoms with Gasteiger partial charge in [0, 0.05) is 13.1 Å². The van der Waals surface area contributed by atoms with E-state index in [1.54, 1.807) is 29.1 Å². The Bertz CT molecular complexity index is 1120. The van der Waals surface area contributed by atoms with Crippen LogP contribution in [0.25, 0.3) is 0 Å². The van der Waals surface area contributed by atoms with Crippen LogP contribution in [0.4, 0.5) is 5.69 Å². The minimum atomic E-state index is -3.68. The number of amides is 1. The molecular weight excluding hydrogens is 402 g/mol. The maximum absolute atomic E-state index is 13.1. The molecular formula is C21H23N5O3S. The molecule has 1 aliphatic rings. The van der Waals surface area contributed by atoms with Crippen LogP contribution >= 0.6 is 0 Å². The van der Waals surface area contributed by atoms with E-state index in [1.807, 2.05) is 30.3 Å². The summed E-state index contributed by atoms with van der Waals surface area (Å²) in [7, 11) is -3.68. The van der Waals surface area contributed by atoms with Gasteiger partial charge >= 0.3 is 0 Å². The number of nitrogens with zero attached hydrogens (tertiary/aromatic N) is 4. The molecule has 0 saturated carbocycles. The molecule has 0 spiro atoms. The van der Waals surface area contributed by atoms with Gasteiger partial charge < -0.3 is 5.32 Å². The van der Waals surface area contributed by atoms with E-state index in [1.165, 1.54) is 10.4 Å². The van der Waals surface area contributed by atoms with E-state index in [-0.39, 0.29) is 16.3 Å². The molecule has 1 saturated heterocycles. The summed E-state index contributed by atoms with van der Waals surface area (Å²) >= 11 is 0. The van der Waals surface area contributed by atoms with Gasteiger partial charge in [-0.15, -0.1) is 5.10 Å². The van der Waals surface area contributed by atoms with Crippen LogP contribution in [0.15, 0.2) is 65.7 Å². The van der Waals surface area contributed by atoms with Gasteiger partial charge in [0.25, 0.3) is 5.91 Å². The van der Waals surface area contributed by atoms with Gasteiger partial charge in [0.05, 0.1) is 18.4 Å². The monoisotopic (exact) mass is 425 g/mol. The molecule has 0 bridgehead atoms. The summed E-state index contributed by atoms with van der Waals surface area (Å²) in [5.41, 5.74) is 1.40. The highest BCUT2D eigenvalue weighted by molar-refractivity contribution is 7.89. The molecule has 9 heteroatoms. The topological polar surface area (TPSA) is 97.2 Å². The van der Waals surface area contributed by atoms with Crippen molar-refractivity contribution < 1.29 is 13.2 Å². The molecule has 1 fully saturated rings. The van der Waals surface area contributed by atoms with E-state index >= 15 is 0 Å². The smallest absolute Gasteiger partial charge is 0.277 e. The summed E-state index contributed by atoms with van der Waals surface area (Å²) in [6.07, 6.45) is 4.27. The van der Waals surface area contributed by atoms with Gasteiger partial charge in [-0.3, -0.25) is 4.79 Å². The van der Waals surface area contributed by atoms with E-state index < -0.39 is 15.9 Å². The average Bonchev–Trinajstić information content (AvgIpc) is 3.24. The van der Waals surface area contributed by atoms with E-state index in [0.717, 1.165) is 24.8 Å². The van der Waals surface area contributed by atoms with Crippen LogP contribution in [0, 0.1) is 0 Å². The van der Waals surface area contributed by atoms with Crippen molar-refractivity contribution in [1.29, 1.82) is 0 Å². The first kappa shape index (κ1) is 20.2. The predicted octanol–water partition coefficient (Wildman–Crippen LogP) is 2.75. The van der Waals surface area contributed by atoms with Crippen LogP contribution in [0.2, 0.25) is 0 Å². The molecule has 156 valence electrons. The highest BCUT2D eigenvalue weighted by atomic mass is 32.2. The molecule has 0 unspecified atom stereocenters. The Balaban J connectivity index is 1.52. The summed E-state index contributed by atoms with van der Waals surface area (Å²) < 4.78 is 29.2. The summed E-state index contributed by atoms with van der Waals surface area (Å²) in [6.45, 7) is 1.48. The van der Waals surface area contributed by atoms with Gasteiger partial charge in [-0.25, -0.2) is 13.1 Å². The van der Waals surface area contributed by atoms with Crippen molar-refractivity contribution in [3.63, 3.8) is 0 Å². The van der Waals surface area contributed by atoms with Crippen LogP contribution in [0.5, 0.6) is 0 Å². The fourth-order valence-electron chi connectivity index (χ4n) is 3.48. The molecule has 2 aromatic carbocycles. The van der Waals surface area contributed by atoms with Gasteiger partial charge in [0.1, 0.15) is 4.90 Å². The lowest BCUT2D eigenvalue weighted by molar-refractivity contribution is 0.102. The number of rotatable bonds is 6. The quantitative estimate of drug-likeness (QED) is 0.655. The zero-order valence-electron chi connectivity index (χ0n) is 16.4. The highest BCUT2D eigenvalue weighted by Crippen LogP contribution is 2.27. The van der Waals surface area contributed by atoms with Crippen LogP contribution < -0.4 is 5.32 Å². The molecule has 0 aliphatic carbocycles. The second kappa shape index (κ2) is 8.76. The van der Waals surface area contributed by atoms with Gasteiger partial charge in [-0.1, -0.05) is 54.1 Å². The van der Waals surface area contributed by atoms with Crippen molar-refractivity contribution in [3.8, 4) is 0 Å². The fraction of sp³-hybridized carbons (Fsp3) is 0.286. The average molecular weight is 426 g/mol. The first-order chi connectivity index (χ1) is 14.5. The Morgan fingerprint density at radius 1 is 0.967 bits per heavy atom. The second-order valence-electron chi connectivity index (χ2n) is 7.20. The number of hydrogen-bond acceptors (Lipinski definition) is 5. The molecule has 0 atom stereocenters. The van der Waals surface area contributed by atoms with Crippen molar-refractivity contribution in [1.82, 2.24) is 19.3 Å². The number of sulfonamides is 1. The first-order valence-corrected chi connectivity index (χ1v) is 11.3. The fourth-order valence-corrected chi connectivity index (χ4v) is 5.14. The maximum Gasteiger partial charge on any atom is 0.277 e. The van der Waals surface area contributed by atoms with Crippen molar-refractivity contribution in [2.24, 2.45) is 0 Å². The number of hydrogen-bond donors (Lipinski definition) is 1. The number of benzene rings is 2. The van der Waals surface area contributed by atoms with Crippen LogP contribution in [-0.4, -0.2) is 46.7 Å². The zero-order valence-corrected chi connectivity index (χ0v) is 17.3. The Morgan fingerprint density at radius 2 is 1.67 bits per heavy atom. The van der Waals surface area contributed by atoms with E-state index in [2.05, 4.69) is 15.6 Å². The number of para-hydroxylation sites is 1. The van der Waals surface area contributed by atoms with Gasteiger partial charge in [0.2, 0.25) is 10.0 Å². The Labute approximate surface area is 175 Å². The lowest BCUT2D eigenvalue weighted by Gasteiger charge is -2.26. The number of piperidine rings is 1. The Morgan fingerprint density at radius 3 is 2.43 bits per heavy atom. The van der Waals surface area contributed by atoms with Gasteiger partial charge in [-0.2, -0.15) is 4.31 Å². The molecule has 8 nitrogen and oxygen atoms in total. The predicted molar refractivity (Wildman–Crippen MR) is 113 cm³/mol. The Kier molecular flexibility index (Phi) is 5.91. The Hall–Kier alpha value is -3.04. The van der Waals surface area contributed by atoms with Crippen molar-refractivity contribution in [2.75, 3.05) is 18.4 Å². The molecule has 3 aromatic rings. The zero-order chi connectivity index (χ0) is 21.0. The van der Waals surface area contributed by atoms with Gasteiger partial charge in [0.15, 0.2) is 5.69 Å². The number of aromatic nitrogens is 3. The number of nitrogens with one attached hydrogen (secondary N) is 1. The highest BCUT2D eigenvalue weighted by Gasteiger charge is 2.28. The van der Waals surface area contributed by atoms with Crippen LogP contribution in [0.1, 0.15) is 35.3 Å². The molecule has 1 N–H and O–H groups in total. The van der Waals surface area contributed by atoms with E-state index in [9.17, 15) is 13.2 Å². The van der Waals surface area contributed by atoms with Crippen LogP contribution in [-0.2, 0) is 16.6 Å². The second-order valence-corrected chi connectivity index (χ2v) is 9.11. The third-order valence-corrected chi connectivity index (χ3v) is 6.98. The van der Waals surface area contributed by atoms with Crippen molar-refractivity contribution in [3.05, 3.63) is 72.1 Å². The molecule has 4 rings (SSSR count). The minimum Gasteiger partial charge on any atom is -0.319 e. The molecule has 1 aromatic heterocycles. The lowest BCUT2D eigenvalue weighted by Crippen LogP contribution is -2.36. The molecule has 2 heterocycles. The standard InChI is InChI=1S/C21H23N5O3S/c27-21(19-16-25(24-23-19)15-17-9-3-1-4-10-17)22-18-11-5-6-12-20(18)30(28,29)26-13-7-2-8-14-26/h1,3-6,9-12,16H,2,7-8,13-15H2,(H,22,27). The maximum atomic E-state index is 13.1.